The number of ketones is 1. The summed E-state index contributed by atoms with van der Waals surface area (Å²) in [7, 11) is 0. The van der Waals surface area contributed by atoms with E-state index in [0.717, 1.165) is 0 Å². The van der Waals surface area contributed by atoms with E-state index in [1.54, 1.807) is 0 Å². The highest BCUT2D eigenvalue weighted by Crippen LogP contribution is 2.03. The van der Waals surface area contributed by atoms with Crippen LogP contribution in [0.15, 0.2) is 11.6 Å². The van der Waals surface area contributed by atoms with Crippen molar-refractivity contribution in [1.82, 2.24) is 0 Å². The van der Waals surface area contributed by atoms with E-state index < -0.39 is 0 Å². The zero-order valence-electron chi connectivity index (χ0n) is 7.57. The highest BCUT2D eigenvalue weighted by Gasteiger charge is 2.06. The molecule has 0 saturated heterocycles. The van der Waals surface area contributed by atoms with Crippen LogP contribution in [0.4, 0.5) is 0 Å². The fourth-order valence-electron chi connectivity index (χ4n) is 0.935. The van der Waals surface area contributed by atoms with Crippen molar-refractivity contribution in [3.8, 4) is 0 Å². The maximum absolute atomic E-state index is 11.2. The molecule has 0 aromatic heterocycles. The van der Waals surface area contributed by atoms with Crippen LogP contribution < -0.4 is 0 Å². The van der Waals surface area contributed by atoms with Gasteiger partial charge in [-0.15, -0.1) is 0 Å². The van der Waals surface area contributed by atoms with Gasteiger partial charge in [0.15, 0.2) is 5.78 Å². The number of carbonyl (C=O) groups excluding carboxylic acids is 1. The number of hydrogen-bond acceptors (Lipinski definition) is 4. The van der Waals surface area contributed by atoms with E-state index in [1.165, 1.54) is 6.08 Å². The van der Waals surface area contributed by atoms with Crippen LogP contribution in [0.3, 0.4) is 0 Å². The third kappa shape index (κ3) is 5.52. The van der Waals surface area contributed by atoms with Crippen molar-refractivity contribution in [3.63, 3.8) is 0 Å². The summed E-state index contributed by atoms with van der Waals surface area (Å²) < 4.78 is 0. The van der Waals surface area contributed by atoms with Gasteiger partial charge in [0.05, 0.1) is 13.2 Å². The molecule has 0 rings (SSSR count). The molecular formula is C9H16O4. The van der Waals surface area contributed by atoms with Crippen LogP contribution in [0.2, 0.25) is 0 Å². The molecule has 0 spiro atoms. The van der Waals surface area contributed by atoms with Gasteiger partial charge in [0.2, 0.25) is 0 Å². The Kier molecular flexibility index (Phi) is 7.48. The van der Waals surface area contributed by atoms with Crippen LogP contribution >= 0.6 is 0 Å². The van der Waals surface area contributed by atoms with Gasteiger partial charge >= 0.3 is 0 Å². The van der Waals surface area contributed by atoms with E-state index in [4.69, 9.17) is 15.3 Å². The average Bonchev–Trinajstić information content (AvgIpc) is 2.14. The first-order valence-electron chi connectivity index (χ1n) is 4.31. The quantitative estimate of drug-likeness (QED) is 0.376. The van der Waals surface area contributed by atoms with Gasteiger partial charge in [-0.25, -0.2) is 0 Å². The minimum Gasteiger partial charge on any atom is -0.396 e. The third-order valence-corrected chi connectivity index (χ3v) is 1.68. The summed E-state index contributed by atoms with van der Waals surface area (Å²) in [6, 6.07) is 0. The van der Waals surface area contributed by atoms with Crippen molar-refractivity contribution < 1.29 is 20.1 Å². The van der Waals surface area contributed by atoms with E-state index in [9.17, 15) is 4.79 Å². The van der Waals surface area contributed by atoms with Gasteiger partial charge in [0.25, 0.3) is 0 Å². The maximum atomic E-state index is 11.2. The zero-order chi connectivity index (χ0) is 10.1. The van der Waals surface area contributed by atoms with Gasteiger partial charge in [0.1, 0.15) is 0 Å². The summed E-state index contributed by atoms with van der Waals surface area (Å²) in [4.78, 5) is 11.2. The second-order valence-corrected chi connectivity index (χ2v) is 2.67. The van der Waals surface area contributed by atoms with Crippen LogP contribution in [0.25, 0.3) is 0 Å². The number of carbonyl (C=O) groups is 1. The van der Waals surface area contributed by atoms with Crippen LogP contribution in [0.1, 0.15) is 19.3 Å². The molecule has 76 valence electrons. The molecule has 0 saturated carbocycles. The van der Waals surface area contributed by atoms with E-state index in [0.29, 0.717) is 19.3 Å². The molecule has 13 heavy (non-hydrogen) atoms. The molecule has 0 aromatic carbocycles. The average molecular weight is 188 g/mol. The molecule has 0 heterocycles. The molecule has 0 aliphatic heterocycles. The first-order chi connectivity index (χ1) is 6.26. The van der Waals surface area contributed by atoms with Crippen LogP contribution in [0.5, 0.6) is 0 Å². The molecule has 4 nitrogen and oxygen atoms in total. The van der Waals surface area contributed by atoms with Crippen LogP contribution in [0, 0.1) is 0 Å². The minimum atomic E-state index is -0.335. The van der Waals surface area contributed by atoms with Gasteiger partial charge in [-0.05, 0) is 12.8 Å². The lowest BCUT2D eigenvalue weighted by atomic mass is 10.1. The van der Waals surface area contributed by atoms with Crippen LogP contribution in [-0.4, -0.2) is 40.9 Å². The number of rotatable bonds is 7. The van der Waals surface area contributed by atoms with Crippen molar-refractivity contribution in [2.24, 2.45) is 0 Å². The molecule has 0 atom stereocenters. The first kappa shape index (κ1) is 12.3. The Balaban J connectivity index is 3.85. The minimum absolute atomic E-state index is 0.0749. The number of aliphatic hydroxyl groups excluding tert-OH is 3. The Bertz CT molecular complexity index is 174. The molecule has 0 bridgehead atoms. The SMILES string of the molecule is O=C(CCCCO)C(=CCO)CO. The van der Waals surface area contributed by atoms with Gasteiger partial charge in [0, 0.05) is 18.6 Å². The van der Waals surface area contributed by atoms with Gasteiger partial charge in [-0.3, -0.25) is 4.79 Å². The normalized spacial score (nSPS) is 11.8. The lowest BCUT2D eigenvalue weighted by molar-refractivity contribution is -0.116. The van der Waals surface area contributed by atoms with E-state index in [1.807, 2.05) is 0 Å². The summed E-state index contributed by atoms with van der Waals surface area (Å²) in [5, 5.41) is 25.7. The molecule has 0 aromatic rings. The maximum Gasteiger partial charge on any atom is 0.160 e. The van der Waals surface area contributed by atoms with Gasteiger partial charge in [-0.1, -0.05) is 6.08 Å². The molecule has 0 aliphatic rings. The predicted molar refractivity (Wildman–Crippen MR) is 48.2 cm³/mol. The highest BCUT2D eigenvalue weighted by atomic mass is 16.3. The Morgan fingerprint density at radius 1 is 1.15 bits per heavy atom. The fourth-order valence-corrected chi connectivity index (χ4v) is 0.935. The lowest BCUT2D eigenvalue weighted by Crippen LogP contribution is -2.07. The second-order valence-electron chi connectivity index (χ2n) is 2.67. The largest absolute Gasteiger partial charge is 0.396 e. The standard InChI is InChI=1S/C9H16O4/c10-5-2-1-3-9(13)8(7-12)4-6-11/h4,10-12H,1-3,5-7H2. The summed E-state index contributed by atoms with van der Waals surface area (Å²) in [5.41, 5.74) is 0.250. The second kappa shape index (κ2) is 7.91. The molecule has 0 fully saturated rings. The third-order valence-electron chi connectivity index (χ3n) is 1.68. The van der Waals surface area contributed by atoms with Crippen molar-refractivity contribution in [2.75, 3.05) is 19.8 Å². The number of unbranched alkanes of at least 4 members (excludes halogenated alkanes) is 1. The van der Waals surface area contributed by atoms with E-state index >= 15 is 0 Å². The van der Waals surface area contributed by atoms with Crippen molar-refractivity contribution in [1.29, 1.82) is 0 Å². The fraction of sp³-hybridized carbons (Fsp3) is 0.667. The molecular weight excluding hydrogens is 172 g/mol. The van der Waals surface area contributed by atoms with E-state index in [2.05, 4.69) is 0 Å². The smallest absolute Gasteiger partial charge is 0.160 e. The molecule has 0 radical (unpaired) electrons. The molecule has 3 N–H and O–H groups in total. The Morgan fingerprint density at radius 3 is 2.31 bits per heavy atom. The Morgan fingerprint density at radius 2 is 1.85 bits per heavy atom. The topological polar surface area (TPSA) is 77.8 Å². The molecule has 0 unspecified atom stereocenters. The Labute approximate surface area is 77.5 Å². The summed E-state index contributed by atoms with van der Waals surface area (Å²) >= 11 is 0. The van der Waals surface area contributed by atoms with Gasteiger partial charge in [-0.2, -0.15) is 0 Å². The van der Waals surface area contributed by atoms with Crippen molar-refractivity contribution in [2.45, 2.75) is 19.3 Å². The summed E-state index contributed by atoms with van der Waals surface area (Å²) in [5.74, 6) is -0.162. The van der Waals surface area contributed by atoms with E-state index in [-0.39, 0.29) is 31.2 Å². The highest BCUT2D eigenvalue weighted by molar-refractivity contribution is 5.95. The lowest BCUT2D eigenvalue weighted by Gasteiger charge is -2.01. The first-order valence-corrected chi connectivity index (χ1v) is 4.31. The van der Waals surface area contributed by atoms with Gasteiger partial charge < -0.3 is 15.3 Å². The van der Waals surface area contributed by atoms with Crippen molar-refractivity contribution >= 4 is 5.78 Å². The number of aliphatic hydroxyl groups is 3. The molecule has 4 heteroatoms. The summed E-state index contributed by atoms with van der Waals surface area (Å²) in [6.45, 7) is -0.494. The predicted octanol–water partition coefficient (Wildman–Crippen LogP) is -0.371. The number of Topliss-reactive ketones (excluding diaryl/α,β-unsaturated/α-hetero) is 1. The number of hydrogen-bond donors (Lipinski definition) is 3. The monoisotopic (exact) mass is 188 g/mol. The summed E-state index contributed by atoms with van der Waals surface area (Å²) in [6.07, 6.45) is 2.82. The zero-order valence-corrected chi connectivity index (χ0v) is 7.57. The Hall–Kier alpha value is -0.710. The molecule has 0 amide bonds. The van der Waals surface area contributed by atoms with Crippen LogP contribution in [-0.2, 0) is 4.79 Å². The van der Waals surface area contributed by atoms with Crippen molar-refractivity contribution in [3.05, 3.63) is 11.6 Å². The molecule has 0 aliphatic carbocycles.